The minimum Gasteiger partial charge on any atom is -0.461 e. The largest absolute Gasteiger partial charge is 0.461 e. The van der Waals surface area contributed by atoms with E-state index < -0.39 is 0 Å². The minimum atomic E-state index is -0.323. The number of ether oxygens (including phenoxy) is 2. The normalized spacial score (nSPS) is 20.3. The predicted octanol–water partition coefficient (Wildman–Crippen LogP) is 6.93. The van der Waals surface area contributed by atoms with E-state index in [1.165, 1.54) is 0 Å². The second-order valence-electron chi connectivity index (χ2n) is 10.7. The second kappa shape index (κ2) is 14.7. The summed E-state index contributed by atoms with van der Waals surface area (Å²) in [6.07, 6.45) is 4.93. The number of rotatable bonds is 13. The highest BCUT2D eigenvalue weighted by Crippen LogP contribution is 2.39. The lowest BCUT2D eigenvalue weighted by Gasteiger charge is -2.35. The number of ketones is 1. The number of hydrogen-bond donors (Lipinski definition) is 0. The molecule has 3 rings (SSSR count). The van der Waals surface area contributed by atoms with Crippen LogP contribution in [-0.2, 0) is 37.1 Å². The zero-order chi connectivity index (χ0) is 26.6. The van der Waals surface area contributed by atoms with Crippen LogP contribution in [0.3, 0.4) is 0 Å². The van der Waals surface area contributed by atoms with Crippen LogP contribution in [0.15, 0.2) is 60.7 Å². The Morgan fingerprint density at radius 2 is 1.46 bits per heavy atom. The molecule has 0 aliphatic heterocycles. The Morgan fingerprint density at radius 1 is 0.865 bits per heavy atom. The summed E-state index contributed by atoms with van der Waals surface area (Å²) >= 11 is 0. The number of hydrogen-bond acceptors (Lipinski definition) is 5. The van der Waals surface area contributed by atoms with E-state index >= 15 is 0 Å². The van der Waals surface area contributed by atoms with Gasteiger partial charge < -0.3 is 9.47 Å². The van der Waals surface area contributed by atoms with Crippen LogP contribution in [-0.4, -0.2) is 17.7 Å². The maximum Gasteiger partial charge on any atom is 0.309 e. The standard InChI is InChI=1S/C32H42O5/c1-4-11-30(33)27-17-16-26(29(20-27)32(35)37-22-25-14-9-6-10-15-25)18-19-28(23(2)3)31(34)36-21-24-12-7-5-8-13-24/h5-10,12-15,23,26-29H,4,11,16-22H2,1-3H3. The summed E-state index contributed by atoms with van der Waals surface area (Å²) in [5.41, 5.74) is 1.91. The van der Waals surface area contributed by atoms with Crippen molar-refractivity contribution in [1.29, 1.82) is 0 Å². The highest BCUT2D eigenvalue weighted by Gasteiger charge is 2.39. The highest BCUT2D eigenvalue weighted by atomic mass is 16.5. The Balaban J connectivity index is 1.63. The van der Waals surface area contributed by atoms with Gasteiger partial charge in [0.1, 0.15) is 19.0 Å². The van der Waals surface area contributed by atoms with E-state index in [1.54, 1.807) is 0 Å². The van der Waals surface area contributed by atoms with Crippen LogP contribution in [0, 0.1) is 29.6 Å². The summed E-state index contributed by atoms with van der Waals surface area (Å²) in [5.74, 6) is -0.565. The predicted molar refractivity (Wildman–Crippen MR) is 144 cm³/mol. The molecule has 0 amide bonds. The van der Waals surface area contributed by atoms with Crippen LogP contribution in [0.5, 0.6) is 0 Å². The van der Waals surface area contributed by atoms with Crippen LogP contribution >= 0.6 is 0 Å². The molecule has 0 spiro atoms. The molecule has 4 atom stereocenters. The Kier molecular flexibility index (Phi) is 11.4. The van der Waals surface area contributed by atoms with Crippen molar-refractivity contribution in [3.8, 4) is 0 Å². The molecule has 2 aromatic rings. The molecule has 37 heavy (non-hydrogen) atoms. The topological polar surface area (TPSA) is 69.7 Å². The lowest BCUT2D eigenvalue weighted by Crippen LogP contribution is -2.35. The van der Waals surface area contributed by atoms with Crippen molar-refractivity contribution in [2.45, 2.75) is 78.9 Å². The first-order valence-electron chi connectivity index (χ1n) is 13.8. The molecule has 0 aromatic heterocycles. The molecule has 200 valence electrons. The van der Waals surface area contributed by atoms with Gasteiger partial charge >= 0.3 is 11.9 Å². The zero-order valence-electron chi connectivity index (χ0n) is 22.6. The van der Waals surface area contributed by atoms with Gasteiger partial charge in [0.05, 0.1) is 11.8 Å². The molecule has 0 radical (unpaired) electrons. The van der Waals surface area contributed by atoms with Gasteiger partial charge in [-0.05, 0) is 61.5 Å². The summed E-state index contributed by atoms with van der Waals surface area (Å²) < 4.78 is 11.4. The summed E-state index contributed by atoms with van der Waals surface area (Å²) in [7, 11) is 0. The molecule has 1 fully saturated rings. The van der Waals surface area contributed by atoms with E-state index in [-0.39, 0.29) is 60.5 Å². The first-order valence-corrected chi connectivity index (χ1v) is 13.8. The van der Waals surface area contributed by atoms with Crippen LogP contribution in [0.25, 0.3) is 0 Å². The highest BCUT2D eigenvalue weighted by molar-refractivity contribution is 5.82. The van der Waals surface area contributed by atoms with Gasteiger partial charge in [0.25, 0.3) is 0 Å². The third-order valence-corrected chi connectivity index (χ3v) is 7.65. The first kappa shape index (κ1) is 28.6. The Morgan fingerprint density at radius 3 is 2.03 bits per heavy atom. The van der Waals surface area contributed by atoms with E-state index in [0.29, 0.717) is 19.3 Å². The zero-order valence-corrected chi connectivity index (χ0v) is 22.6. The van der Waals surface area contributed by atoms with Crippen LogP contribution in [0.2, 0.25) is 0 Å². The van der Waals surface area contributed by atoms with Gasteiger partial charge in [-0.15, -0.1) is 0 Å². The molecule has 1 aliphatic carbocycles. The quantitative estimate of drug-likeness (QED) is 0.276. The maximum atomic E-state index is 13.3. The average molecular weight is 507 g/mol. The van der Waals surface area contributed by atoms with Gasteiger partial charge in [0.15, 0.2) is 0 Å². The Labute approximate surface area is 221 Å². The Bertz CT molecular complexity index is 985. The number of Topliss-reactive ketones (excluding diaryl/α,β-unsaturated/α-hetero) is 1. The molecule has 5 heteroatoms. The van der Waals surface area contributed by atoms with Crippen molar-refractivity contribution in [3.05, 3.63) is 71.8 Å². The number of esters is 2. The molecule has 4 unspecified atom stereocenters. The summed E-state index contributed by atoms with van der Waals surface area (Å²) in [6.45, 7) is 6.59. The van der Waals surface area contributed by atoms with Crippen molar-refractivity contribution in [1.82, 2.24) is 0 Å². The smallest absolute Gasteiger partial charge is 0.309 e. The molecule has 0 bridgehead atoms. The average Bonchev–Trinajstić information content (AvgIpc) is 2.91. The fraction of sp³-hybridized carbons (Fsp3) is 0.531. The van der Waals surface area contributed by atoms with E-state index in [4.69, 9.17) is 9.47 Å². The van der Waals surface area contributed by atoms with Gasteiger partial charge in [-0.3, -0.25) is 14.4 Å². The SMILES string of the molecule is CCCC(=O)C1CCC(CCC(C(=O)OCc2ccccc2)C(C)C)C(C(=O)OCc2ccccc2)C1. The van der Waals surface area contributed by atoms with Crippen molar-refractivity contribution in [2.24, 2.45) is 29.6 Å². The van der Waals surface area contributed by atoms with Crippen molar-refractivity contribution >= 4 is 17.7 Å². The van der Waals surface area contributed by atoms with E-state index in [9.17, 15) is 14.4 Å². The molecule has 0 N–H and O–H groups in total. The minimum absolute atomic E-state index is 0.0813. The van der Waals surface area contributed by atoms with Crippen molar-refractivity contribution in [2.75, 3.05) is 0 Å². The second-order valence-corrected chi connectivity index (χ2v) is 10.7. The number of benzene rings is 2. The van der Waals surface area contributed by atoms with Crippen LogP contribution in [0.1, 0.15) is 76.8 Å². The first-order chi connectivity index (χ1) is 17.9. The number of carbonyl (C=O) groups is 3. The van der Waals surface area contributed by atoms with Gasteiger partial charge in [0, 0.05) is 12.3 Å². The van der Waals surface area contributed by atoms with Crippen LogP contribution < -0.4 is 0 Å². The fourth-order valence-electron chi connectivity index (χ4n) is 5.40. The fourth-order valence-corrected chi connectivity index (χ4v) is 5.40. The molecule has 1 aliphatic rings. The monoisotopic (exact) mass is 506 g/mol. The number of carbonyl (C=O) groups excluding carboxylic acids is 3. The van der Waals surface area contributed by atoms with Gasteiger partial charge in [-0.2, -0.15) is 0 Å². The van der Waals surface area contributed by atoms with E-state index in [1.807, 2.05) is 81.4 Å². The van der Waals surface area contributed by atoms with E-state index in [2.05, 4.69) is 0 Å². The van der Waals surface area contributed by atoms with Gasteiger partial charge in [-0.1, -0.05) is 81.4 Å². The molecular formula is C32H42O5. The lowest BCUT2D eigenvalue weighted by atomic mass is 9.69. The maximum absolute atomic E-state index is 13.3. The summed E-state index contributed by atoms with van der Waals surface area (Å²) in [4.78, 5) is 38.9. The van der Waals surface area contributed by atoms with Crippen molar-refractivity contribution in [3.63, 3.8) is 0 Å². The van der Waals surface area contributed by atoms with E-state index in [0.717, 1.165) is 36.8 Å². The summed E-state index contributed by atoms with van der Waals surface area (Å²) in [6, 6.07) is 19.4. The lowest BCUT2D eigenvalue weighted by molar-refractivity contribution is -0.154. The molecule has 2 aromatic carbocycles. The van der Waals surface area contributed by atoms with Crippen molar-refractivity contribution < 1.29 is 23.9 Å². The Hall–Kier alpha value is -2.95. The molecule has 0 heterocycles. The van der Waals surface area contributed by atoms with Gasteiger partial charge in [-0.25, -0.2) is 0 Å². The van der Waals surface area contributed by atoms with Crippen LogP contribution in [0.4, 0.5) is 0 Å². The molecular weight excluding hydrogens is 464 g/mol. The van der Waals surface area contributed by atoms with Gasteiger partial charge in [0.2, 0.25) is 0 Å². The third-order valence-electron chi connectivity index (χ3n) is 7.65. The molecule has 5 nitrogen and oxygen atoms in total. The third kappa shape index (κ3) is 8.84. The summed E-state index contributed by atoms with van der Waals surface area (Å²) in [5, 5.41) is 0. The molecule has 0 saturated heterocycles. The molecule has 1 saturated carbocycles.